The van der Waals surface area contributed by atoms with Crippen LogP contribution in [0.15, 0.2) is 106 Å². The van der Waals surface area contributed by atoms with Gasteiger partial charge in [0.1, 0.15) is 11.1 Å². The summed E-state index contributed by atoms with van der Waals surface area (Å²) in [7, 11) is 0. The van der Waals surface area contributed by atoms with Crippen LogP contribution in [-0.2, 0) is 4.79 Å². The van der Waals surface area contributed by atoms with E-state index in [9.17, 15) is 14.0 Å². The van der Waals surface area contributed by atoms with Crippen molar-refractivity contribution in [3.63, 3.8) is 0 Å². The van der Waals surface area contributed by atoms with Gasteiger partial charge in [0.25, 0.3) is 5.91 Å². The molecule has 0 heterocycles. The predicted molar refractivity (Wildman–Crippen MR) is 143 cm³/mol. The Morgan fingerprint density at radius 2 is 1.54 bits per heavy atom. The molecular weight excluding hydrogens is 527 g/mol. The second kappa shape index (κ2) is 11.3. The number of nitrogens with one attached hydrogen (secondary N) is 2. The van der Waals surface area contributed by atoms with E-state index in [0.29, 0.717) is 15.7 Å². The van der Waals surface area contributed by atoms with Gasteiger partial charge in [0.2, 0.25) is 5.91 Å². The van der Waals surface area contributed by atoms with Crippen LogP contribution in [0.5, 0.6) is 0 Å². The highest BCUT2D eigenvalue weighted by atomic mass is 79.9. The summed E-state index contributed by atoms with van der Waals surface area (Å²) in [6.45, 7) is 1.97. The molecule has 1 unspecified atom stereocenters. The Morgan fingerprint density at radius 1 is 0.857 bits per heavy atom. The lowest BCUT2D eigenvalue weighted by Gasteiger charge is -2.18. The fourth-order valence-electron chi connectivity index (χ4n) is 3.35. The Kier molecular flexibility index (Phi) is 8.00. The molecule has 176 valence electrons. The van der Waals surface area contributed by atoms with Gasteiger partial charge in [-0.15, -0.1) is 11.8 Å². The van der Waals surface area contributed by atoms with Crippen LogP contribution < -0.4 is 10.6 Å². The molecule has 35 heavy (non-hydrogen) atoms. The van der Waals surface area contributed by atoms with Crippen LogP contribution in [0.25, 0.3) is 0 Å². The molecule has 0 bridgehead atoms. The molecule has 0 aliphatic rings. The molecule has 0 aliphatic heterocycles. The first kappa shape index (κ1) is 24.7. The number of carbonyl (C=O) groups is 2. The van der Waals surface area contributed by atoms with Crippen molar-refractivity contribution in [1.82, 2.24) is 0 Å². The van der Waals surface area contributed by atoms with Gasteiger partial charge in [-0.3, -0.25) is 9.59 Å². The molecule has 7 heteroatoms. The number of halogens is 2. The molecule has 0 radical (unpaired) electrons. The third kappa shape index (κ3) is 6.59. The summed E-state index contributed by atoms with van der Waals surface area (Å²) in [5, 5.41) is 4.98. The van der Waals surface area contributed by atoms with Crippen LogP contribution in [0, 0.1) is 12.7 Å². The average molecular weight is 549 g/mol. The van der Waals surface area contributed by atoms with E-state index in [2.05, 4.69) is 26.6 Å². The standard InChI is InChI=1S/C28H22BrFN2O2S/c1-18-7-9-20(10-8-18)27(33)31-22-12-14-23(15-13-22)35-26(19-5-3-2-4-6-19)28(34)32-25-16-11-21(29)17-24(25)30/h2-17,26H,1H3,(H,31,33)(H,32,34). The minimum atomic E-state index is -0.604. The van der Waals surface area contributed by atoms with Gasteiger partial charge in [0.15, 0.2) is 0 Å². The van der Waals surface area contributed by atoms with Crippen LogP contribution in [-0.4, -0.2) is 11.8 Å². The lowest BCUT2D eigenvalue weighted by molar-refractivity contribution is -0.115. The van der Waals surface area contributed by atoms with E-state index in [1.54, 1.807) is 30.3 Å². The van der Waals surface area contributed by atoms with E-state index in [0.717, 1.165) is 16.0 Å². The van der Waals surface area contributed by atoms with Gasteiger partial charge in [-0.2, -0.15) is 0 Å². The summed E-state index contributed by atoms with van der Waals surface area (Å²) < 4.78 is 14.9. The van der Waals surface area contributed by atoms with E-state index < -0.39 is 11.1 Å². The van der Waals surface area contributed by atoms with Gasteiger partial charge < -0.3 is 10.6 Å². The van der Waals surface area contributed by atoms with E-state index in [1.165, 1.54) is 23.9 Å². The molecule has 0 aromatic heterocycles. The second-order valence-electron chi connectivity index (χ2n) is 7.87. The fraction of sp³-hybridized carbons (Fsp3) is 0.0714. The number of amides is 2. The molecule has 4 rings (SSSR count). The van der Waals surface area contributed by atoms with Crippen LogP contribution in [0.4, 0.5) is 15.8 Å². The van der Waals surface area contributed by atoms with Crippen molar-refractivity contribution in [2.45, 2.75) is 17.1 Å². The molecule has 4 aromatic rings. The first-order valence-corrected chi connectivity index (χ1v) is 12.5. The van der Waals surface area contributed by atoms with Crippen molar-refractivity contribution in [3.05, 3.63) is 124 Å². The van der Waals surface area contributed by atoms with Crippen molar-refractivity contribution in [1.29, 1.82) is 0 Å². The van der Waals surface area contributed by atoms with Gasteiger partial charge in [-0.1, -0.05) is 64.0 Å². The highest BCUT2D eigenvalue weighted by Crippen LogP contribution is 2.37. The van der Waals surface area contributed by atoms with Gasteiger partial charge >= 0.3 is 0 Å². The molecule has 4 aromatic carbocycles. The van der Waals surface area contributed by atoms with Crippen LogP contribution in [0.3, 0.4) is 0 Å². The number of anilines is 2. The maximum absolute atomic E-state index is 14.3. The molecule has 0 saturated heterocycles. The summed E-state index contributed by atoms with van der Waals surface area (Å²) in [4.78, 5) is 26.5. The highest BCUT2D eigenvalue weighted by molar-refractivity contribution is 9.10. The molecule has 2 amide bonds. The monoisotopic (exact) mass is 548 g/mol. The van der Waals surface area contributed by atoms with Gasteiger partial charge in [-0.05, 0) is 67.1 Å². The molecule has 0 spiro atoms. The lowest BCUT2D eigenvalue weighted by Crippen LogP contribution is -2.19. The predicted octanol–water partition coefficient (Wildman–Crippen LogP) is 7.62. The summed E-state index contributed by atoms with van der Waals surface area (Å²) in [6.07, 6.45) is 0. The Hall–Kier alpha value is -3.42. The second-order valence-corrected chi connectivity index (χ2v) is 9.96. The Balaban J connectivity index is 1.49. The maximum atomic E-state index is 14.3. The fourth-order valence-corrected chi connectivity index (χ4v) is 4.71. The number of rotatable bonds is 7. The topological polar surface area (TPSA) is 58.2 Å². The highest BCUT2D eigenvalue weighted by Gasteiger charge is 2.23. The molecular formula is C28H22BrFN2O2S. The number of thioether (sulfide) groups is 1. The molecule has 1 atom stereocenters. The van der Waals surface area contributed by atoms with E-state index in [1.807, 2.05) is 61.5 Å². The first-order chi connectivity index (χ1) is 16.9. The minimum absolute atomic E-state index is 0.119. The number of carbonyl (C=O) groups excluding carboxylic acids is 2. The van der Waals surface area contributed by atoms with Crippen molar-refractivity contribution >= 4 is 50.9 Å². The largest absolute Gasteiger partial charge is 0.322 e. The molecule has 4 nitrogen and oxygen atoms in total. The van der Waals surface area contributed by atoms with Crippen molar-refractivity contribution in [2.75, 3.05) is 10.6 Å². The van der Waals surface area contributed by atoms with Crippen molar-refractivity contribution in [3.8, 4) is 0 Å². The normalized spacial score (nSPS) is 11.5. The Morgan fingerprint density at radius 3 is 2.20 bits per heavy atom. The zero-order valence-corrected chi connectivity index (χ0v) is 21.2. The molecule has 0 fully saturated rings. The summed E-state index contributed by atoms with van der Waals surface area (Å²) in [5.41, 5.74) is 3.23. The van der Waals surface area contributed by atoms with Crippen molar-refractivity contribution < 1.29 is 14.0 Å². The van der Waals surface area contributed by atoms with Gasteiger partial charge in [0.05, 0.1) is 5.69 Å². The van der Waals surface area contributed by atoms with Crippen molar-refractivity contribution in [2.24, 2.45) is 0 Å². The van der Waals surface area contributed by atoms with Crippen LogP contribution in [0.2, 0.25) is 0 Å². The molecule has 2 N–H and O–H groups in total. The van der Waals surface area contributed by atoms with Gasteiger partial charge in [-0.25, -0.2) is 4.39 Å². The third-order valence-electron chi connectivity index (χ3n) is 5.21. The zero-order valence-electron chi connectivity index (χ0n) is 18.8. The van der Waals surface area contributed by atoms with Crippen LogP contribution >= 0.6 is 27.7 Å². The summed E-state index contributed by atoms with van der Waals surface area (Å²) in [6, 6.07) is 28.5. The van der Waals surface area contributed by atoms with Gasteiger partial charge in [0, 0.05) is 20.6 Å². The minimum Gasteiger partial charge on any atom is -0.322 e. The summed E-state index contributed by atoms with van der Waals surface area (Å²) >= 11 is 4.57. The number of hydrogen-bond acceptors (Lipinski definition) is 3. The number of benzene rings is 4. The third-order valence-corrected chi connectivity index (χ3v) is 6.97. The van der Waals surface area contributed by atoms with E-state index >= 15 is 0 Å². The Bertz CT molecular complexity index is 1330. The lowest BCUT2D eigenvalue weighted by atomic mass is 10.1. The smallest absolute Gasteiger partial charge is 0.255 e. The number of hydrogen-bond donors (Lipinski definition) is 2. The number of aryl methyl sites for hydroxylation is 1. The molecule has 0 aliphatic carbocycles. The Labute approximate surface area is 216 Å². The zero-order chi connectivity index (χ0) is 24.8. The summed E-state index contributed by atoms with van der Waals surface area (Å²) in [5.74, 6) is -1.04. The SMILES string of the molecule is Cc1ccc(C(=O)Nc2ccc(SC(C(=O)Nc3ccc(Br)cc3F)c3ccccc3)cc2)cc1. The maximum Gasteiger partial charge on any atom is 0.255 e. The van der Waals surface area contributed by atoms with Crippen LogP contribution in [0.1, 0.15) is 26.7 Å². The van der Waals surface area contributed by atoms with E-state index in [-0.39, 0.29) is 17.5 Å². The van der Waals surface area contributed by atoms with E-state index in [4.69, 9.17) is 0 Å². The average Bonchev–Trinajstić information content (AvgIpc) is 2.86. The first-order valence-electron chi connectivity index (χ1n) is 10.8. The quantitative estimate of drug-likeness (QED) is 0.233. The molecule has 0 saturated carbocycles.